The van der Waals surface area contributed by atoms with E-state index in [9.17, 15) is 9.59 Å². The number of nitrogens with one attached hydrogen (secondary N) is 1. The summed E-state index contributed by atoms with van der Waals surface area (Å²) in [7, 11) is 0. The number of benzene rings is 1. The van der Waals surface area contributed by atoms with Crippen LogP contribution < -0.4 is 5.48 Å². The molecule has 0 aromatic heterocycles. The van der Waals surface area contributed by atoms with Gasteiger partial charge in [0.1, 0.15) is 0 Å². The summed E-state index contributed by atoms with van der Waals surface area (Å²) in [6, 6.07) is 7.95. The van der Waals surface area contributed by atoms with E-state index in [1.807, 2.05) is 36.1 Å². The van der Waals surface area contributed by atoms with Gasteiger partial charge in [-0.05, 0) is 38.2 Å². The first-order valence-electron chi connectivity index (χ1n) is 8.80. The van der Waals surface area contributed by atoms with Gasteiger partial charge in [-0.25, -0.2) is 5.48 Å². The summed E-state index contributed by atoms with van der Waals surface area (Å²) in [4.78, 5) is 27.2. The molecule has 2 amide bonds. The van der Waals surface area contributed by atoms with Gasteiger partial charge in [0, 0.05) is 12.6 Å². The molecule has 0 radical (unpaired) electrons. The molecular formula is C19H28N2O3. The lowest BCUT2D eigenvalue weighted by Crippen LogP contribution is -2.48. The van der Waals surface area contributed by atoms with Gasteiger partial charge in [-0.1, -0.05) is 43.7 Å². The zero-order valence-electron chi connectivity index (χ0n) is 14.8. The standard InChI is InChI=1S/C19H28N2O3/c1-4-16-7-5-6-12-21(16)19(23)17(14(3)18(22)20-24)15-10-8-13(2)9-11-15/h8-11,14,16-17,24H,4-7,12H2,1-3H3,(H,20,22)/t14-,16+,17-/m0/s1. The van der Waals surface area contributed by atoms with E-state index in [-0.39, 0.29) is 11.9 Å². The lowest BCUT2D eigenvalue weighted by atomic mass is 9.84. The minimum atomic E-state index is -0.635. The van der Waals surface area contributed by atoms with E-state index in [0.717, 1.165) is 43.4 Å². The molecule has 3 atom stereocenters. The lowest BCUT2D eigenvalue weighted by Gasteiger charge is -2.38. The number of carbonyl (C=O) groups excluding carboxylic acids is 2. The molecule has 0 bridgehead atoms. The van der Waals surface area contributed by atoms with Crippen molar-refractivity contribution in [1.82, 2.24) is 10.4 Å². The number of hydroxylamine groups is 1. The summed E-state index contributed by atoms with van der Waals surface area (Å²) in [6.45, 7) is 6.52. The molecule has 2 rings (SSSR count). The van der Waals surface area contributed by atoms with Crippen LogP contribution in [0.4, 0.5) is 0 Å². The SMILES string of the molecule is CC[C@@H]1CCCCN1C(=O)[C@H](c1ccc(C)cc1)[C@H](C)C(=O)NO. The zero-order valence-corrected chi connectivity index (χ0v) is 14.8. The second kappa shape index (κ2) is 8.29. The number of hydrogen-bond donors (Lipinski definition) is 2. The largest absolute Gasteiger partial charge is 0.339 e. The van der Waals surface area contributed by atoms with Gasteiger partial charge in [0.05, 0.1) is 11.8 Å². The van der Waals surface area contributed by atoms with E-state index >= 15 is 0 Å². The fourth-order valence-electron chi connectivity index (χ4n) is 3.57. The third kappa shape index (κ3) is 3.96. The average Bonchev–Trinajstić information content (AvgIpc) is 2.62. The van der Waals surface area contributed by atoms with Crippen LogP contribution in [0.3, 0.4) is 0 Å². The summed E-state index contributed by atoms with van der Waals surface area (Å²) in [5.74, 6) is -1.75. The zero-order chi connectivity index (χ0) is 17.7. The number of nitrogens with zero attached hydrogens (tertiary/aromatic N) is 1. The van der Waals surface area contributed by atoms with Gasteiger partial charge in [0.2, 0.25) is 11.8 Å². The predicted octanol–water partition coefficient (Wildman–Crippen LogP) is 3.01. The molecule has 1 saturated heterocycles. The Kier molecular flexibility index (Phi) is 6.37. The van der Waals surface area contributed by atoms with Crippen LogP contribution >= 0.6 is 0 Å². The summed E-state index contributed by atoms with van der Waals surface area (Å²) in [6.07, 6.45) is 4.09. The van der Waals surface area contributed by atoms with E-state index in [0.29, 0.717) is 0 Å². The Balaban J connectivity index is 2.35. The third-order valence-electron chi connectivity index (χ3n) is 5.11. The highest BCUT2D eigenvalue weighted by atomic mass is 16.5. The molecule has 5 nitrogen and oxygen atoms in total. The molecule has 1 aromatic rings. The van der Waals surface area contributed by atoms with Crippen molar-refractivity contribution >= 4 is 11.8 Å². The normalized spacial score (nSPS) is 20.3. The molecule has 0 saturated carbocycles. The van der Waals surface area contributed by atoms with E-state index in [4.69, 9.17) is 5.21 Å². The maximum Gasteiger partial charge on any atom is 0.247 e. The number of likely N-dealkylation sites (tertiary alicyclic amines) is 1. The molecule has 0 unspecified atom stereocenters. The van der Waals surface area contributed by atoms with Crippen LogP contribution in [0.25, 0.3) is 0 Å². The summed E-state index contributed by atoms with van der Waals surface area (Å²) in [5, 5.41) is 9.01. The smallest absolute Gasteiger partial charge is 0.247 e. The molecule has 0 aliphatic carbocycles. The first-order chi connectivity index (χ1) is 11.5. The molecule has 1 aliphatic heterocycles. The quantitative estimate of drug-likeness (QED) is 0.643. The molecule has 2 N–H and O–H groups in total. The number of amides is 2. The first kappa shape index (κ1) is 18.5. The van der Waals surface area contributed by atoms with E-state index in [1.54, 1.807) is 12.4 Å². The summed E-state index contributed by atoms with van der Waals surface area (Å²) >= 11 is 0. The Labute approximate surface area is 144 Å². The molecule has 1 heterocycles. The Hall–Kier alpha value is -1.88. The number of hydrogen-bond acceptors (Lipinski definition) is 3. The van der Waals surface area contributed by atoms with Crippen molar-refractivity contribution in [3.05, 3.63) is 35.4 Å². The fraction of sp³-hybridized carbons (Fsp3) is 0.579. The van der Waals surface area contributed by atoms with Crippen molar-refractivity contribution in [3.8, 4) is 0 Å². The Morgan fingerprint density at radius 1 is 1.29 bits per heavy atom. The fourth-order valence-corrected chi connectivity index (χ4v) is 3.57. The second-order valence-corrected chi connectivity index (χ2v) is 6.74. The third-order valence-corrected chi connectivity index (χ3v) is 5.11. The number of rotatable bonds is 5. The molecule has 5 heteroatoms. The van der Waals surface area contributed by atoms with Gasteiger partial charge in [0.25, 0.3) is 0 Å². The minimum Gasteiger partial charge on any atom is -0.339 e. The van der Waals surface area contributed by atoms with Crippen molar-refractivity contribution in [2.24, 2.45) is 5.92 Å². The van der Waals surface area contributed by atoms with Crippen LogP contribution in [0, 0.1) is 12.8 Å². The molecule has 132 valence electrons. The van der Waals surface area contributed by atoms with Crippen LogP contribution in [0.1, 0.15) is 56.6 Å². The maximum absolute atomic E-state index is 13.3. The van der Waals surface area contributed by atoms with Gasteiger partial charge >= 0.3 is 0 Å². The minimum absolute atomic E-state index is 0.0125. The first-order valence-corrected chi connectivity index (χ1v) is 8.80. The van der Waals surface area contributed by atoms with Gasteiger partial charge in [0.15, 0.2) is 0 Å². The maximum atomic E-state index is 13.3. The highest BCUT2D eigenvalue weighted by Crippen LogP contribution is 2.31. The Morgan fingerprint density at radius 3 is 2.54 bits per heavy atom. The summed E-state index contributed by atoms with van der Waals surface area (Å²) in [5.41, 5.74) is 3.63. The molecule has 0 spiro atoms. The van der Waals surface area contributed by atoms with E-state index in [1.165, 1.54) is 0 Å². The van der Waals surface area contributed by atoms with Crippen LogP contribution in [0.5, 0.6) is 0 Å². The number of carbonyl (C=O) groups is 2. The molecule has 1 aromatic carbocycles. The highest BCUT2D eigenvalue weighted by Gasteiger charge is 2.37. The van der Waals surface area contributed by atoms with Crippen molar-refractivity contribution in [2.75, 3.05) is 6.54 Å². The lowest BCUT2D eigenvalue weighted by molar-refractivity contribution is -0.143. The van der Waals surface area contributed by atoms with E-state index < -0.39 is 17.7 Å². The summed E-state index contributed by atoms with van der Waals surface area (Å²) < 4.78 is 0. The van der Waals surface area contributed by atoms with Gasteiger partial charge in [-0.3, -0.25) is 14.8 Å². The highest BCUT2D eigenvalue weighted by molar-refractivity contribution is 5.91. The molecule has 1 aliphatic rings. The molecular weight excluding hydrogens is 304 g/mol. The Bertz CT molecular complexity index is 570. The number of piperidine rings is 1. The van der Waals surface area contributed by atoms with Crippen molar-refractivity contribution in [2.45, 2.75) is 58.4 Å². The predicted molar refractivity (Wildman–Crippen MR) is 92.7 cm³/mol. The van der Waals surface area contributed by atoms with E-state index in [2.05, 4.69) is 6.92 Å². The van der Waals surface area contributed by atoms with Crippen LogP contribution in [0.15, 0.2) is 24.3 Å². The van der Waals surface area contributed by atoms with Gasteiger partial charge in [-0.2, -0.15) is 0 Å². The van der Waals surface area contributed by atoms with Gasteiger partial charge < -0.3 is 4.90 Å². The van der Waals surface area contributed by atoms with Crippen molar-refractivity contribution < 1.29 is 14.8 Å². The average molecular weight is 332 g/mol. The topological polar surface area (TPSA) is 69.6 Å². The van der Waals surface area contributed by atoms with Crippen molar-refractivity contribution in [1.29, 1.82) is 0 Å². The molecule has 1 fully saturated rings. The van der Waals surface area contributed by atoms with Crippen LogP contribution in [-0.4, -0.2) is 34.5 Å². The molecule has 24 heavy (non-hydrogen) atoms. The second-order valence-electron chi connectivity index (χ2n) is 6.74. The van der Waals surface area contributed by atoms with Crippen LogP contribution in [-0.2, 0) is 9.59 Å². The number of aryl methyl sites for hydroxylation is 1. The Morgan fingerprint density at radius 2 is 1.96 bits per heavy atom. The van der Waals surface area contributed by atoms with Gasteiger partial charge in [-0.15, -0.1) is 0 Å². The monoisotopic (exact) mass is 332 g/mol. The van der Waals surface area contributed by atoms with Crippen molar-refractivity contribution in [3.63, 3.8) is 0 Å². The van der Waals surface area contributed by atoms with Crippen LogP contribution in [0.2, 0.25) is 0 Å².